The molecule has 176 valence electrons. The quantitative estimate of drug-likeness (QED) is 0.221. The van der Waals surface area contributed by atoms with Gasteiger partial charge in [0, 0.05) is 24.7 Å². The summed E-state index contributed by atoms with van der Waals surface area (Å²) in [5.74, 6) is 2.94. The van der Waals surface area contributed by atoms with E-state index >= 15 is 0 Å². The summed E-state index contributed by atoms with van der Waals surface area (Å²) in [6.45, 7) is 2.03. The number of carbonyl (C=O) groups is 1. The Morgan fingerprint density at radius 1 is 1.03 bits per heavy atom. The second-order valence-corrected chi connectivity index (χ2v) is 9.25. The summed E-state index contributed by atoms with van der Waals surface area (Å²) in [5.41, 5.74) is 4.76. The number of ether oxygens (including phenoxy) is 2. The van der Waals surface area contributed by atoms with Crippen LogP contribution in [-0.4, -0.2) is 35.8 Å². The van der Waals surface area contributed by atoms with Crippen molar-refractivity contribution in [3.8, 4) is 28.8 Å². The van der Waals surface area contributed by atoms with Crippen molar-refractivity contribution in [3.05, 3.63) is 89.5 Å². The minimum atomic E-state index is -0.00691. The van der Waals surface area contributed by atoms with E-state index in [1.807, 2.05) is 73.7 Å². The van der Waals surface area contributed by atoms with Crippen LogP contribution in [0.5, 0.6) is 17.4 Å². The molecule has 0 N–H and O–H groups in total. The van der Waals surface area contributed by atoms with Gasteiger partial charge in [-0.2, -0.15) is 4.98 Å². The zero-order valence-corrected chi connectivity index (χ0v) is 20.6. The molecule has 0 bridgehead atoms. The summed E-state index contributed by atoms with van der Waals surface area (Å²) >= 11 is 1.41. The van der Waals surface area contributed by atoms with E-state index in [-0.39, 0.29) is 11.7 Å². The van der Waals surface area contributed by atoms with Crippen LogP contribution in [0.15, 0.2) is 77.8 Å². The number of methoxy groups -OCH3 is 1. The van der Waals surface area contributed by atoms with Crippen molar-refractivity contribution >= 4 is 23.4 Å². The molecular weight excluding hydrogens is 458 g/mol. The van der Waals surface area contributed by atoms with E-state index in [2.05, 4.69) is 6.07 Å². The van der Waals surface area contributed by atoms with Crippen LogP contribution in [-0.2, 0) is 11.2 Å². The summed E-state index contributed by atoms with van der Waals surface area (Å²) < 4.78 is 11.6. The lowest BCUT2D eigenvalue weighted by Gasteiger charge is -2.23. The Kier molecular flexibility index (Phi) is 6.42. The molecule has 1 aromatic heterocycles. The Labute approximate surface area is 208 Å². The van der Waals surface area contributed by atoms with Gasteiger partial charge in [-0.3, -0.25) is 4.79 Å². The Balaban J connectivity index is 1.48. The fraction of sp³-hybridized carbons (Fsp3) is 0.179. The van der Waals surface area contributed by atoms with Crippen LogP contribution >= 0.6 is 11.8 Å². The van der Waals surface area contributed by atoms with Crippen LogP contribution in [0.2, 0.25) is 0 Å². The number of aromatic nitrogens is 2. The predicted molar refractivity (Wildman–Crippen MR) is 139 cm³/mol. The number of aryl methyl sites for hydroxylation is 1. The maximum atomic E-state index is 13.0. The van der Waals surface area contributed by atoms with Crippen LogP contribution in [0.25, 0.3) is 11.4 Å². The molecule has 1 aliphatic heterocycles. The average Bonchev–Trinajstić information content (AvgIpc) is 2.91. The van der Waals surface area contributed by atoms with Crippen molar-refractivity contribution in [2.75, 3.05) is 24.8 Å². The van der Waals surface area contributed by atoms with Crippen LogP contribution in [0.3, 0.4) is 0 Å². The molecule has 6 nitrogen and oxygen atoms in total. The van der Waals surface area contributed by atoms with Gasteiger partial charge in [-0.1, -0.05) is 48.2 Å². The van der Waals surface area contributed by atoms with E-state index in [1.165, 1.54) is 11.8 Å². The highest BCUT2D eigenvalue weighted by Gasteiger charge is 2.26. The first-order valence-corrected chi connectivity index (χ1v) is 12.3. The molecule has 0 radical (unpaired) electrons. The number of benzene rings is 3. The third-order valence-electron chi connectivity index (χ3n) is 5.99. The normalized spacial score (nSPS) is 11.7. The molecule has 0 aliphatic carbocycles. The molecule has 2 heterocycles. The number of carbonyl (C=O) groups excluding carboxylic acids is 1. The molecule has 5 rings (SSSR count). The van der Waals surface area contributed by atoms with E-state index in [0.29, 0.717) is 18.1 Å². The first kappa shape index (κ1) is 22.9. The molecule has 1 amide bonds. The van der Waals surface area contributed by atoms with E-state index in [1.54, 1.807) is 19.1 Å². The van der Waals surface area contributed by atoms with Crippen molar-refractivity contribution in [3.63, 3.8) is 0 Å². The van der Waals surface area contributed by atoms with Gasteiger partial charge >= 0.3 is 0 Å². The number of rotatable bonds is 6. The Morgan fingerprint density at radius 2 is 1.80 bits per heavy atom. The molecule has 0 saturated heterocycles. The summed E-state index contributed by atoms with van der Waals surface area (Å²) in [6, 6.07) is 23.3. The lowest BCUT2D eigenvalue weighted by molar-refractivity contribution is -0.115. The van der Waals surface area contributed by atoms with Gasteiger partial charge in [0.25, 0.3) is 0 Å². The van der Waals surface area contributed by atoms with Crippen molar-refractivity contribution in [1.82, 2.24) is 9.97 Å². The lowest BCUT2D eigenvalue weighted by atomic mass is 10.0. The second-order valence-electron chi connectivity index (χ2n) is 8.28. The number of thioether (sulfide) groups is 1. The van der Waals surface area contributed by atoms with Gasteiger partial charge in [0.15, 0.2) is 5.82 Å². The fourth-order valence-electron chi connectivity index (χ4n) is 3.98. The molecule has 4 aromatic rings. The number of fused-ring (bicyclic) bond motifs is 2. The van der Waals surface area contributed by atoms with Crippen LogP contribution < -0.4 is 14.4 Å². The van der Waals surface area contributed by atoms with E-state index < -0.39 is 0 Å². The standard InChI is InChI=1S/C28H25N3O3S/c1-18-8-7-9-20-16-23-27(34-25(18)20)29-26(19-12-14-22(33-3)15-13-19)30-28(23)35-17-24(32)31(2)21-10-5-4-6-11-21/h4-15H,16-17H2,1-3H3. The van der Waals surface area contributed by atoms with E-state index in [4.69, 9.17) is 19.4 Å². The summed E-state index contributed by atoms with van der Waals surface area (Å²) in [6.07, 6.45) is 0.653. The van der Waals surface area contributed by atoms with Crippen molar-refractivity contribution in [2.24, 2.45) is 0 Å². The van der Waals surface area contributed by atoms with Gasteiger partial charge in [-0.05, 0) is 54.4 Å². The summed E-state index contributed by atoms with van der Waals surface area (Å²) in [7, 11) is 3.43. The third-order valence-corrected chi connectivity index (χ3v) is 6.99. The van der Waals surface area contributed by atoms with Crippen molar-refractivity contribution in [1.29, 1.82) is 0 Å². The minimum Gasteiger partial charge on any atom is -0.497 e. The molecule has 0 spiro atoms. The highest BCUT2D eigenvalue weighted by Crippen LogP contribution is 2.41. The second kappa shape index (κ2) is 9.80. The number of nitrogens with zero attached hydrogens (tertiary/aromatic N) is 3. The zero-order chi connectivity index (χ0) is 24.4. The molecule has 0 fully saturated rings. The van der Waals surface area contributed by atoms with Crippen LogP contribution in [0.4, 0.5) is 5.69 Å². The van der Waals surface area contributed by atoms with Crippen LogP contribution in [0, 0.1) is 6.92 Å². The average molecular weight is 484 g/mol. The van der Waals surface area contributed by atoms with E-state index in [0.717, 1.165) is 44.5 Å². The smallest absolute Gasteiger partial charge is 0.237 e. The van der Waals surface area contributed by atoms with Crippen molar-refractivity contribution in [2.45, 2.75) is 18.4 Å². The molecule has 0 saturated carbocycles. The topological polar surface area (TPSA) is 64.5 Å². The Bertz CT molecular complexity index is 1370. The first-order chi connectivity index (χ1) is 17.0. The molecule has 0 atom stereocenters. The van der Waals surface area contributed by atoms with Gasteiger partial charge < -0.3 is 14.4 Å². The fourth-order valence-corrected chi connectivity index (χ4v) is 4.91. The van der Waals surface area contributed by atoms with Gasteiger partial charge in [0.05, 0.1) is 18.4 Å². The monoisotopic (exact) mass is 483 g/mol. The van der Waals surface area contributed by atoms with Gasteiger partial charge in [0.2, 0.25) is 11.8 Å². The molecule has 35 heavy (non-hydrogen) atoms. The zero-order valence-electron chi connectivity index (χ0n) is 19.8. The Hall–Kier alpha value is -3.84. The molecular formula is C28H25N3O3S. The van der Waals surface area contributed by atoms with Gasteiger partial charge in [-0.25, -0.2) is 4.98 Å². The lowest BCUT2D eigenvalue weighted by Crippen LogP contribution is -2.28. The number of anilines is 1. The highest BCUT2D eigenvalue weighted by atomic mass is 32.2. The minimum absolute atomic E-state index is 0.00691. The van der Waals surface area contributed by atoms with Crippen LogP contribution in [0.1, 0.15) is 16.7 Å². The van der Waals surface area contributed by atoms with Crippen molar-refractivity contribution < 1.29 is 14.3 Å². The SMILES string of the molecule is COc1ccc(-c2nc3c(c(SCC(=O)N(C)c4ccccc4)n2)Cc2cccc(C)c2O3)cc1. The highest BCUT2D eigenvalue weighted by molar-refractivity contribution is 8.00. The van der Waals surface area contributed by atoms with E-state index in [9.17, 15) is 4.79 Å². The summed E-state index contributed by atoms with van der Waals surface area (Å²) in [4.78, 5) is 24.3. The first-order valence-electron chi connectivity index (χ1n) is 11.3. The third kappa shape index (κ3) is 4.72. The predicted octanol–water partition coefficient (Wildman–Crippen LogP) is 5.91. The maximum Gasteiger partial charge on any atom is 0.237 e. The van der Waals surface area contributed by atoms with Gasteiger partial charge in [0.1, 0.15) is 16.5 Å². The molecule has 0 unspecified atom stereocenters. The number of hydrogen-bond donors (Lipinski definition) is 0. The molecule has 7 heteroatoms. The number of hydrogen-bond acceptors (Lipinski definition) is 6. The summed E-state index contributed by atoms with van der Waals surface area (Å²) in [5, 5.41) is 0.753. The molecule has 3 aromatic carbocycles. The number of para-hydroxylation sites is 2. The Morgan fingerprint density at radius 3 is 2.54 bits per heavy atom. The molecule has 1 aliphatic rings. The number of amides is 1. The van der Waals surface area contributed by atoms with Gasteiger partial charge in [-0.15, -0.1) is 0 Å². The maximum absolute atomic E-state index is 13.0. The largest absolute Gasteiger partial charge is 0.497 e.